The SMILES string of the molecule is Cc1ccc(-c2nnco2)cc1NC(=O)[C@@H]1C[C@H]1c1ccco1. The number of benzene rings is 1. The van der Waals surface area contributed by atoms with Crippen molar-refractivity contribution in [2.24, 2.45) is 5.92 Å². The molecule has 23 heavy (non-hydrogen) atoms. The Labute approximate surface area is 132 Å². The molecular weight excluding hydrogens is 294 g/mol. The van der Waals surface area contributed by atoms with Crippen LogP contribution in [0.15, 0.2) is 51.8 Å². The van der Waals surface area contributed by atoms with Crippen LogP contribution in [0.2, 0.25) is 0 Å². The number of amides is 1. The summed E-state index contributed by atoms with van der Waals surface area (Å²) >= 11 is 0. The highest BCUT2D eigenvalue weighted by Gasteiger charge is 2.45. The highest BCUT2D eigenvalue weighted by molar-refractivity contribution is 5.96. The third-order valence-electron chi connectivity index (χ3n) is 4.14. The molecule has 1 aromatic carbocycles. The van der Waals surface area contributed by atoms with Gasteiger partial charge in [0.05, 0.1) is 6.26 Å². The van der Waals surface area contributed by atoms with Crippen LogP contribution < -0.4 is 5.32 Å². The topological polar surface area (TPSA) is 81.2 Å². The van der Waals surface area contributed by atoms with E-state index in [9.17, 15) is 4.79 Å². The van der Waals surface area contributed by atoms with Gasteiger partial charge in [-0.25, -0.2) is 0 Å². The van der Waals surface area contributed by atoms with Gasteiger partial charge in [0.2, 0.25) is 18.2 Å². The summed E-state index contributed by atoms with van der Waals surface area (Å²) in [5.74, 6) is 1.47. The summed E-state index contributed by atoms with van der Waals surface area (Å²) in [7, 11) is 0. The summed E-state index contributed by atoms with van der Waals surface area (Å²) in [6, 6.07) is 9.43. The van der Waals surface area contributed by atoms with E-state index in [0.29, 0.717) is 5.89 Å². The molecule has 4 rings (SSSR count). The second-order valence-electron chi connectivity index (χ2n) is 5.73. The normalized spacial score (nSPS) is 19.5. The number of aryl methyl sites for hydroxylation is 1. The predicted octanol–water partition coefficient (Wildman–Crippen LogP) is 3.38. The highest BCUT2D eigenvalue weighted by Crippen LogP contribution is 2.48. The molecule has 6 heteroatoms. The van der Waals surface area contributed by atoms with Crippen LogP contribution in [-0.2, 0) is 4.79 Å². The van der Waals surface area contributed by atoms with Crippen LogP contribution in [0.25, 0.3) is 11.5 Å². The van der Waals surface area contributed by atoms with Crippen molar-refractivity contribution < 1.29 is 13.6 Å². The van der Waals surface area contributed by atoms with Crippen LogP contribution in [0, 0.1) is 12.8 Å². The number of anilines is 1. The lowest BCUT2D eigenvalue weighted by Gasteiger charge is -2.09. The Bertz CT molecular complexity index is 825. The van der Waals surface area contributed by atoms with Gasteiger partial charge in [-0.3, -0.25) is 4.79 Å². The second-order valence-corrected chi connectivity index (χ2v) is 5.73. The number of rotatable bonds is 4. The number of carbonyl (C=O) groups excluding carboxylic acids is 1. The molecule has 1 amide bonds. The summed E-state index contributed by atoms with van der Waals surface area (Å²) in [5, 5.41) is 10.6. The Morgan fingerprint density at radius 3 is 2.96 bits per heavy atom. The fourth-order valence-corrected chi connectivity index (χ4v) is 2.72. The molecule has 116 valence electrons. The van der Waals surface area contributed by atoms with E-state index in [4.69, 9.17) is 8.83 Å². The Morgan fingerprint density at radius 2 is 2.22 bits per heavy atom. The molecule has 2 atom stereocenters. The zero-order chi connectivity index (χ0) is 15.8. The van der Waals surface area contributed by atoms with Crippen LogP contribution in [-0.4, -0.2) is 16.1 Å². The lowest BCUT2D eigenvalue weighted by molar-refractivity contribution is -0.117. The molecule has 0 bridgehead atoms. The van der Waals surface area contributed by atoms with Crippen LogP contribution >= 0.6 is 0 Å². The fraction of sp³-hybridized carbons (Fsp3) is 0.235. The summed E-state index contributed by atoms with van der Waals surface area (Å²) < 4.78 is 10.6. The molecule has 6 nitrogen and oxygen atoms in total. The molecule has 0 aliphatic heterocycles. The number of furan rings is 1. The Balaban J connectivity index is 1.50. The molecule has 0 spiro atoms. The Morgan fingerprint density at radius 1 is 1.30 bits per heavy atom. The first-order valence-corrected chi connectivity index (χ1v) is 7.44. The highest BCUT2D eigenvalue weighted by atomic mass is 16.4. The van der Waals surface area contributed by atoms with Crippen LogP contribution in [0.4, 0.5) is 5.69 Å². The smallest absolute Gasteiger partial charge is 0.247 e. The first-order valence-electron chi connectivity index (χ1n) is 7.44. The molecular formula is C17H15N3O3. The first-order chi connectivity index (χ1) is 11.2. The molecule has 1 fully saturated rings. The van der Waals surface area contributed by atoms with Crippen molar-refractivity contribution in [3.8, 4) is 11.5 Å². The standard InChI is InChI=1S/C17H15N3O3/c1-10-4-5-11(17-20-18-9-23-17)7-14(10)19-16(21)13-8-12(13)15-3-2-6-22-15/h2-7,9,12-13H,8H2,1H3,(H,19,21)/t12-,13-/m1/s1. The number of carbonyl (C=O) groups is 1. The van der Waals surface area contributed by atoms with Crippen molar-refractivity contribution in [2.45, 2.75) is 19.3 Å². The van der Waals surface area contributed by atoms with E-state index in [2.05, 4.69) is 15.5 Å². The van der Waals surface area contributed by atoms with E-state index in [-0.39, 0.29) is 17.7 Å². The van der Waals surface area contributed by atoms with Gasteiger partial charge in [-0.1, -0.05) is 6.07 Å². The van der Waals surface area contributed by atoms with Gasteiger partial charge in [-0.2, -0.15) is 0 Å². The van der Waals surface area contributed by atoms with Gasteiger partial charge in [0.1, 0.15) is 5.76 Å². The van der Waals surface area contributed by atoms with E-state index in [1.54, 1.807) is 6.26 Å². The minimum absolute atomic E-state index is 0.0113. The monoisotopic (exact) mass is 309 g/mol. The minimum atomic E-state index is -0.0346. The van der Waals surface area contributed by atoms with Gasteiger partial charge in [0.15, 0.2) is 0 Å². The number of hydrogen-bond acceptors (Lipinski definition) is 5. The summed E-state index contributed by atoms with van der Waals surface area (Å²) in [6.07, 6.45) is 3.74. The van der Waals surface area contributed by atoms with Gasteiger partial charge in [0, 0.05) is 23.1 Å². The largest absolute Gasteiger partial charge is 0.469 e. The average Bonchev–Trinajstić information content (AvgIpc) is 2.96. The molecule has 1 aliphatic rings. The molecule has 2 aromatic heterocycles. The summed E-state index contributed by atoms with van der Waals surface area (Å²) in [5.41, 5.74) is 2.52. The van der Waals surface area contributed by atoms with Crippen molar-refractivity contribution in [1.82, 2.24) is 10.2 Å². The van der Waals surface area contributed by atoms with E-state index < -0.39 is 0 Å². The van der Waals surface area contributed by atoms with Crippen molar-refractivity contribution in [1.29, 1.82) is 0 Å². The number of aromatic nitrogens is 2. The summed E-state index contributed by atoms with van der Waals surface area (Å²) in [6.45, 7) is 1.95. The third kappa shape index (κ3) is 2.63. The zero-order valence-electron chi connectivity index (χ0n) is 12.5. The van der Waals surface area contributed by atoms with E-state index in [1.807, 2.05) is 37.3 Å². The van der Waals surface area contributed by atoms with Crippen molar-refractivity contribution in [3.05, 3.63) is 54.3 Å². The van der Waals surface area contributed by atoms with E-state index in [0.717, 1.165) is 29.0 Å². The maximum Gasteiger partial charge on any atom is 0.247 e. The lowest BCUT2D eigenvalue weighted by Crippen LogP contribution is -2.15. The number of nitrogens with one attached hydrogen (secondary N) is 1. The van der Waals surface area contributed by atoms with Crippen molar-refractivity contribution in [2.75, 3.05) is 5.32 Å². The van der Waals surface area contributed by atoms with Gasteiger partial charge < -0.3 is 14.2 Å². The molecule has 1 saturated carbocycles. The maximum absolute atomic E-state index is 12.4. The predicted molar refractivity (Wildman–Crippen MR) is 82.7 cm³/mol. The van der Waals surface area contributed by atoms with Gasteiger partial charge in [-0.15, -0.1) is 10.2 Å². The number of nitrogens with zero attached hydrogens (tertiary/aromatic N) is 2. The van der Waals surface area contributed by atoms with Gasteiger partial charge in [-0.05, 0) is 43.2 Å². The first kappa shape index (κ1) is 13.8. The van der Waals surface area contributed by atoms with Gasteiger partial charge >= 0.3 is 0 Å². The van der Waals surface area contributed by atoms with Crippen molar-refractivity contribution in [3.63, 3.8) is 0 Å². The Hall–Kier alpha value is -2.89. The second kappa shape index (κ2) is 5.39. The molecule has 0 radical (unpaired) electrons. The molecule has 1 N–H and O–H groups in total. The maximum atomic E-state index is 12.4. The van der Waals surface area contributed by atoms with Crippen LogP contribution in [0.3, 0.4) is 0 Å². The molecule has 3 aromatic rings. The van der Waals surface area contributed by atoms with Crippen molar-refractivity contribution >= 4 is 11.6 Å². The zero-order valence-corrected chi connectivity index (χ0v) is 12.5. The quantitative estimate of drug-likeness (QED) is 0.799. The Kier molecular flexibility index (Phi) is 3.22. The van der Waals surface area contributed by atoms with Crippen LogP contribution in [0.5, 0.6) is 0 Å². The molecule has 0 unspecified atom stereocenters. The fourth-order valence-electron chi connectivity index (χ4n) is 2.72. The average molecular weight is 309 g/mol. The van der Waals surface area contributed by atoms with Crippen LogP contribution in [0.1, 0.15) is 23.7 Å². The van der Waals surface area contributed by atoms with E-state index >= 15 is 0 Å². The lowest BCUT2D eigenvalue weighted by atomic mass is 10.1. The molecule has 0 saturated heterocycles. The molecule has 1 aliphatic carbocycles. The minimum Gasteiger partial charge on any atom is -0.469 e. The number of hydrogen-bond donors (Lipinski definition) is 1. The van der Waals surface area contributed by atoms with Gasteiger partial charge in [0.25, 0.3) is 0 Å². The third-order valence-corrected chi connectivity index (χ3v) is 4.14. The van der Waals surface area contributed by atoms with E-state index in [1.165, 1.54) is 6.39 Å². The molecule has 2 heterocycles. The summed E-state index contributed by atoms with van der Waals surface area (Å²) in [4.78, 5) is 12.4.